The second-order valence-corrected chi connectivity index (χ2v) is 5.58. The van der Waals surface area contributed by atoms with Gasteiger partial charge in [0.05, 0.1) is 13.2 Å². The third-order valence-electron chi connectivity index (χ3n) is 4.11. The first-order valence-corrected chi connectivity index (χ1v) is 7.16. The van der Waals surface area contributed by atoms with Crippen molar-refractivity contribution in [1.82, 2.24) is 14.9 Å². The minimum absolute atomic E-state index is 0.104. The summed E-state index contributed by atoms with van der Waals surface area (Å²) in [5.74, 6) is 1.40. The molecular weight excluding hydrogens is 242 g/mol. The molecule has 1 amide bonds. The number of ether oxygens (including phenoxy) is 1. The number of hydrogen-bond acceptors (Lipinski definition) is 3. The molecule has 0 unspecified atom stereocenters. The van der Waals surface area contributed by atoms with E-state index in [1.165, 1.54) is 12.8 Å². The Morgan fingerprint density at radius 3 is 2.95 bits per heavy atom. The second-order valence-electron chi connectivity index (χ2n) is 5.58. The lowest BCUT2D eigenvalue weighted by Crippen LogP contribution is -2.44. The number of rotatable bonds is 2. The van der Waals surface area contributed by atoms with Gasteiger partial charge in [0.25, 0.3) is 0 Å². The Morgan fingerprint density at radius 2 is 2.26 bits per heavy atom. The van der Waals surface area contributed by atoms with Crippen LogP contribution < -0.4 is 0 Å². The Hall–Kier alpha value is -1.36. The lowest BCUT2D eigenvalue weighted by molar-refractivity contribution is -0.143. The van der Waals surface area contributed by atoms with Crippen LogP contribution in [0, 0.1) is 12.8 Å². The van der Waals surface area contributed by atoms with Gasteiger partial charge >= 0.3 is 0 Å². The Morgan fingerprint density at radius 1 is 1.47 bits per heavy atom. The number of nitrogens with one attached hydrogen (secondary N) is 1. The minimum atomic E-state index is -0.104. The number of hydrogen-bond donors (Lipinski definition) is 1. The van der Waals surface area contributed by atoms with Gasteiger partial charge in [-0.25, -0.2) is 4.98 Å². The summed E-state index contributed by atoms with van der Waals surface area (Å²) >= 11 is 0. The van der Waals surface area contributed by atoms with Gasteiger partial charge in [-0.05, 0) is 19.8 Å². The molecule has 2 heterocycles. The number of carbonyl (C=O) groups is 1. The van der Waals surface area contributed by atoms with Gasteiger partial charge < -0.3 is 14.6 Å². The van der Waals surface area contributed by atoms with Crippen LogP contribution >= 0.6 is 0 Å². The van der Waals surface area contributed by atoms with Crippen LogP contribution in [0.3, 0.4) is 0 Å². The summed E-state index contributed by atoms with van der Waals surface area (Å²) in [6.45, 7) is 3.91. The van der Waals surface area contributed by atoms with Crippen molar-refractivity contribution < 1.29 is 9.53 Å². The molecular formula is C14H21N3O2. The van der Waals surface area contributed by atoms with Crippen LogP contribution in [-0.4, -0.2) is 40.5 Å². The molecule has 1 aliphatic heterocycles. The van der Waals surface area contributed by atoms with Gasteiger partial charge in [-0.2, -0.15) is 0 Å². The molecule has 2 fully saturated rings. The van der Waals surface area contributed by atoms with Crippen molar-refractivity contribution in [2.75, 3.05) is 19.7 Å². The normalized spacial score (nSPS) is 24.9. The van der Waals surface area contributed by atoms with Crippen LogP contribution in [0.1, 0.15) is 43.3 Å². The molecule has 1 saturated heterocycles. The summed E-state index contributed by atoms with van der Waals surface area (Å²) in [4.78, 5) is 21.9. The van der Waals surface area contributed by atoms with Crippen LogP contribution in [0.25, 0.3) is 0 Å². The summed E-state index contributed by atoms with van der Waals surface area (Å²) in [5, 5.41) is 0. The largest absolute Gasteiger partial charge is 0.367 e. The quantitative estimate of drug-likeness (QED) is 0.885. The van der Waals surface area contributed by atoms with Crippen LogP contribution in [0.15, 0.2) is 6.20 Å². The van der Waals surface area contributed by atoms with Crippen molar-refractivity contribution in [2.45, 2.75) is 38.7 Å². The summed E-state index contributed by atoms with van der Waals surface area (Å²) in [6, 6.07) is 0. The van der Waals surface area contributed by atoms with E-state index in [0.717, 1.165) is 24.4 Å². The second kappa shape index (κ2) is 5.33. The maximum absolute atomic E-state index is 12.4. The third-order valence-corrected chi connectivity index (χ3v) is 4.11. The number of nitrogens with zero attached hydrogens (tertiary/aromatic N) is 2. The highest BCUT2D eigenvalue weighted by molar-refractivity contribution is 5.79. The Balaban J connectivity index is 1.65. The number of aromatic amines is 1. The van der Waals surface area contributed by atoms with E-state index in [4.69, 9.17) is 4.74 Å². The number of carbonyl (C=O) groups excluding carboxylic acids is 1. The Kier molecular flexibility index (Phi) is 3.55. The average Bonchev–Trinajstić information content (AvgIpc) is 3.09. The lowest BCUT2D eigenvalue weighted by Gasteiger charge is -2.33. The number of aryl methyl sites for hydroxylation is 1. The van der Waals surface area contributed by atoms with Crippen LogP contribution in [0.2, 0.25) is 0 Å². The van der Waals surface area contributed by atoms with E-state index in [-0.39, 0.29) is 12.0 Å². The fourth-order valence-corrected chi connectivity index (χ4v) is 3.04. The summed E-state index contributed by atoms with van der Waals surface area (Å²) in [7, 11) is 0. The van der Waals surface area contributed by atoms with Gasteiger partial charge in [0.15, 0.2) is 0 Å². The smallest absolute Gasteiger partial charge is 0.225 e. The molecule has 1 aromatic heterocycles. The number of morpholine rings is 1. The van der Waals surface area contributed by atoms with E-state index in [1.807, 2.05) is 11.8 Å². The lowest BCUT2D eigenvalue weighted by atomic mass is 10.1. The van der Waals surface area contributed by atoms with Gasteiger partial charge in [-0.3, -0.25) is 4.79 Å². The van der Waals surface area contributed by atoms with E-state index in [2.05, 4.69) is 9.97 Å². The first kappa shape index (κ1) is 12.7. The predicted molar refractivity (Wildman–Crippen MR) is 70.6 cm³/mol. The Labute approximate surface area is 113 Å². The Bertz CT molecular complexity index is 451. The molecule has 19 heavy (non-hydrogen) atoms. The topological polar surface area (TPSA) is 58.2 Å². The molecule has 1 atom stereocenters. The molecule has 5 heteroatoms. The van der Waals surface area contributed by atoms with Crippen LogP contribution in [-0.2, 0) is 9.53 Å². The number of aromatic nitrogens is 2. The van der Waals surface area contributed by atoms with Gasteiger partial charge in [0.1, 0.15) is 11.9 Å². The average molecular weight is 263 g/mol. The minimum Gasteiger partial charge on any atom is -0.367 e. The summed E-state index contributed by atoms with van der Waals surface area (Å²) in [6.07, 6.45) is 6.20. The van der Waals surface area contributed by atoms with Crippen molar-refractivity contribution in [3.8, 4) is 0 Å². The fraction of sp³-hybridized carbons (Fsp3) is 0.714. The number of amides is 1. The molecule has 1 saturated carbocycles. The maximum Gasteiger partial charge on any atom is 0.225 e. The van der Waals surface area contributed by atoms with E-state index in [9.17, 15) is 4.79 Å². The van der Waals surface area contributed by atoms with Crippen molar-refractivity contribution in [3.05, 3.63) is 17.7 Å². The zero-order valence-corrected chi connectivity index (χ0v) is 11.4. The maximum atomic E-state index is 12.4. The van der Waals surface area contributed by atoms with Crippen molar-refractivity contribution in [2.24, 2.45) is 5.92 Å². The van der Waals surface area contributed by atoms with E-state index < -0.39 is 0 Å². The predicted octanol–water partition coefficient (Wildman–Crippen LogP) is 1.81. The first-order chi connectivity index (χ1) is 9.24. The molecule has 0 spiro atoms. The monoisotopic (exact) mass is 263 g/mol. The van der Waals surface area contributed by atoms with Crippen LogP contribution in [0.5, 0.6) is 0 Å². The van der Waals surface area contributed by atoms with E-state index >= 15 is 0 Å². The van der Waals surface area contributed by atoms with Gasteiger partial charge in [-0.1, -0.05) is 12.8 Å². The summed E-state index contributed by atoms with van der Waals surface area (Å²) < 4.78 is 5.73. The standard InChI is InChI=1S/C14H21N3O2/c1-10-8-15-13(16-10)12-9-17(6-7-19-12)14(18)11-4-2-3-5-11/h8,11-12H,2-7,9H2,1H3,(H,15,16)/t12-/m0/s1. The van der Waals surface area contributed by atoms with Crippen molar-refractivity contribution in [3.63, 3.8) is 0 Å². The molecule has 104 valence electrons. The number of imidazole rings is 1. The number of H-pyrrole nitrogens is 1. The van der Waals surface area contributed by atoms with Gasteiger partial charge in [-0.15, -0.1) is 0 Å². The molecule has 0 radical (unpaired) electrons. The fourth-order valence-electron chi connectivity index (χ4n) is 3.04. The summed E-state index contributed by atoms with van der Waals surface area (Å²) in [5.41, 5.74) is 1.03. The molecule has 0 aromatic carbocycles. The first-order valence-electron chi connectivity index (χ1n) is 7.16. The SMILES string of the molecule is Cc1cnc([C@@H]2CN(C(=O)C3CCCC3)CCO2)[nH]1. The zero-order valence-electron chi connectivity index (χ0n) is 11.4. The molecule has 2 aliphatic rings. The molecule has 1 aliphatic carbocycles. The van der Waals surface area contributed by atoms with E-state index in [0.29, 0.717) is 25.6 Å². The van der Waals surface area contributed by atoms with Gasteiger partial charge in [0.2, 0.25) is 5.91 Å². The molecule has 3 rings (SSSR count). The van der Waals surface area contributed by atoms with Crippen molar-refractivity contribution >= 4 is 5.91 Å². The highest BCUT2D eigenvalue weighted by Crippen LogP contribution is 2.28. The molecule has 5 nitrogen and oxygen atoms in total. The highest BCUT2D eigenvalue weighted by Gasteiger charge is 2.32. The van der Waals surface area contributed by atoms with Crippen LogP contribution in [0.4, 0.5) is 0 Å². The van der Waals surface area contributed by atoms with E-state index in [1.54, 1.807) is 6.20 Å². The highest BCUT2D eigenvalue weighted by atomic mass is 16.5. The molecule has 1 aromatic rings. The van der Waals surface area contributed by atoms with Gasteiger partial charge in [0, 0.05) is 24.4 Å². The third kappa shape index (κ3) is 2.66. The molecule has 1 N–H and O–H groups in total. The van der Waals surface area contributed by atoms with Crippen molar-refractivity contribution in [1.29, 1.82) is 0 Å². The zero-order chi connectivity index (χ0) is 13.2. The molecule has 0 bridgehead atoms.